The van der Waals surface area contributed by atoms with Gasteiger partial charge in [0.2, 0.25) is 0 Å². The van der Waals surface area contributed by atoms with Crippen LogP contribution >= 0.6 is 0 Å². The molecule has 0 amide bonds. The average molecular weight is 273 g/mol. The molecule has 1 N–H and O–H groups in total. The fourth-order valence-electron chi connectivity index (χ4n) is 3.66. The Bertz CT molecular complexity index is 412. The second kappa shape index (κ2) is 7.26. The smallest absolute Gasteiger partial charge is 0.0351 e. The van der Waals surface area contributed by atoms with Crippen molar-refractivity contribution in [3.8, 4) is 0 Å². The largest absolute Gasteiger partial charge is 0.310 e. The summed E-state index contributed by atoms with van der Waals surface area (Å²) in [6.07, 6.45) is 5.35. The molecule has 4 atom stereocenters. The Morgan fingerprint density at radius 2 is 1.90 bits per heavy atom. The van der Waals surface area contributed by atoms with Crippen molar-refractivity contribution in [2.75, 3.05) is 6.54 Å². The number of aryl methyl sites for hydroxylation is 1. The summed E-state index contributed by atoms with van der Waals surface area (Å²) in [5, 5.41) is 3.83. The maximum absolute atomic E-state index is 3.83. The summed E-state index contributed by atoms with van der Waals surface area (Å²) in [5.74, 6) is 2.56. The van der Waals surface area contributed by atoms with Crippen LogP contribution in [0.25, 0.3) is 0 Å². The summed E-state index contributed by atoms with van der Waals surface area (Å²) in [6.45, 7) is 10.5. The third-order valence-corrected chi connectivity index (χ3v) is 5.25. The van der Waals surface area contributed by atoms with Gasteiger partial charge >= 0.3 is 0 Å². The van der Waals surface area contributed by atoms with Crippen molar-refractivity contribution in [1.29, 1.82) is 0 Å². The lowest BCUT2D eigenvalue weighted by Crippen LogP contribution is -2.34. The van der Waals surface area contributed by atoms with Gasteiger partial charge in [-0.3, -0.25) is 0 Å². The van der Waals surface area contributed by atoms with Crippen LogP contribution in [-0.2, 0) is 0 Å². The molecule has 1 fully saturated rings. The Balaban J connectivity index is 2.17. The summed E-state index contributed by atoms with van der Waals surface area (Å²) in [6, 6.07) is 9.47. The summed E-state index contributed by atoms with van der Waals surface area (Å²) in [5.41, 5.74) is 2.96. The average Bonchev–Trinajstić information content (AvgIpc) is 2.44. The molecule has 1 nitrogen and oxygen atoms in total. The number of hydrogen-bond acceptors (Lipinski definition) is 1. The zero-order valence-corrected chi connectivity index (χ0v) is 13.7. The van der Waals surface area contributed by atoms with E-state index in [9.17, 15) is 0 Å². The monoisotopic (exact) mass is 273 g/mol. The molecule has 20 heavy (non-hydrogen) atoms. The zero-order valence-electron chi connectivity index (χ0n) is 13.7. The van der Waals surface area contributed by atoms with Crippen molar-refractivity contribution >= 4 is 0 Å². The SMILES string of the molecule is CCCNC(c1ccccc1C)C1CCC(C)C(C)C1. The van der Waals surface area contributed by atoms with Crippen molar-refractivity contribution in [2.45, 2.75) is 59.4 Å². The lowest BCUT2D eigenvalue weighted by atomic mass is 9.71. The Morgan fingerprint density at radius 1 is 1.15 bits per heavy atom. The lowest BCUT2D eigenvalue weighted by Gasteiger charge is -2.38. The topological polar surface area (TPSA) is 12.0 Å². The highest BCUT2D eigenvalue weighted by Crippen LogP contribution is 2.40. The lowest BCUT2D eigenvalue weighted by molar-refractivity contribution is 0.171. The molecule has 0 heterocycles. The molecule has 0 bridgehead atoms. The van der Waals surface area contributed by atoms with Crippen LogP contribution in [-0.4, -0.2) is 6.54 Å². The van der Waals surface area contributed by atoms with Gasteiger partial charge < -0.3 is 5.32 Å². The van der Waals surface area contributed by atoms with Crippen LogP contribution in [0, 0.1) is 24.7 Å². The highest BCUT2D eigenvalue weighted by atomic mass is 14.9. The molecule has 1 heteroatoms. The second-order valence-corrected chi connectivity index (χ2v) is 6.82. The molecular weight excluding hydrogens is 242 g/mol. The minimum atomic E-state index is 0.547. The van der Waals surface area contributed by atoms with Crippen LogP contribution in [0.5, 0.6) is 0 Å². The van der Waals surface area contributed by atoms with Crippen molar-refractivity contribution in [1.82, 2.24) is 5.32 Å². The molecule has 2 rings (SSSR count). The molecule has 0 saturated heterocycles. The molecule has 1 aromatic carbocycles. The first kappa shape index (κ1) is 15.6. The molecule has 0 aliphatic heterocycles. The van der Waals surface area contributed by atoms with Gasteiger partial charge in [0.05, 0.1) is 0 Å². The van der Waals surface area contributed by atoms with Gasteiger partial charge in [0.15, 0.2) is 0 Å². The molecule has 1 aromatic rings. The molecule has 0 aromatic heterocycles. The van der Waals surface area contributed by atoms with E-state index in [0.717, 1.165) is 24.3 Å². The molecule has 1 aliphatic carbocycles. The van der Waals surface area contributed by atoms with Crippen LogP contribution in [0.1, 0.15) is 63.6 Å². The molecule has 0 radical (unpaired) electrons. The first-order valence-corrected chi connectivity index (χ1v) is 8.42. The van der Waals surface area contributed by atoms with Gasteiger partial charge in [-0.25, -0.2) is 0 Å². The van der Waals surface area contributed by atoms with Gasteiger partial charge in [-0.05, 0) is 61.6 Å². The summed E-state index contributed by atoms with van der Waals surface area (Å²) in [7, 11) is 0. The van der Waals surface area contributed by atoms with E-state index in [0.29, 0.717) is 6.04 Å². The van der Waals surface area contributed by atoms with Gasteiger partial charge in [-0.15, -0.1) is 0 Å². The third kappa shape index (κ3) is 3.63. The molecule has 112 valence electrons. The highest BCUT2D eigenvalue weighted by Gasteiger charge is 2.31. The van der Waals surface area contributed by atoms with E-state index in [4.69, 9.17) is 0 Å². The molecule has 4 unspecified atom stereocenters. The maximum Gasteiger partial charge on any atom is 0.0351 e. The van der Waals surface area contributed by atoms with Gasteiger partial charge in [-0.2, -0.15) is 0 Å². The predicted octanol–water partition coefficient (Wildman–Crippen LogP) is 5.11. The van der Waals surface area contributed by atoms with Crippen molar-refractivity contribution in [3.63, 3.8) is 0 Å². The number of rotatable bonds is 5. The number of hydrogen-bond donors (Lipinski definition) is 1. The Hall–Kier alpha value is -0.820. The molecule has 1 aliphatic rings. The van der Waals surface area contributed by atoms with E-state index in [2.05, 4.69) is 57.3 Å². The van der Waals surface area contributed by atoms with Crippen LogP contribution in [0.4, 0.5) is 0 Å². The van der Waals surface area contributed by atoms with E-state index in [-0.39, 0.29) is 0 Å². The van der Waals surface area contributed by atoms with Gasteiger partial charge in [0.25, 0.3) is 0 Å². The van der Waals surface area contributed by atoms with E-state index in [1.54, 1.807) is 0 Å². The first-order valence-electron chi connectivity index (χ1n) is 8.42. The minimum absolute atomic E-state index is 0.547. The fraction of sp³-hybridized carbons (Fsp3) is 0.684. The van der Waals surface area contributed by atoms with Crippen LogP contribution in [0.3, 0.4) is 0 Å². The third-order valence-electron chi connectivity index (χ3n) is 5.25. The Labute approximate surface area is 125 Å². The summed E-state index contributed by atoms with van der Waals surface area (Å²) < 4.78 is 0. The van der Waals surface area contributed by atoms with Crippen LogP contribution in [0.15, 0.2) is 24.3 Å². The normalized spacial score (nSPS) is 28.3. The number of nitrogens with one attached hydrogen (secondary N) is 1. The minimum Gasteiger partial charge on any atom is -0.310 e. The van der Waals surface area contributed by atoms with Gasteiger partial charge in [0, 0.05) is 6.04 Å². The predicted molar refractivity (Wildman–Crippen MR) is 87.9 cm³/mol. The fourth-order valence-corrected chi connectivity index (χ4v) is 3.66. The highest BCUT2D eigenvalue weighted by molar-refractivity contribution is 5.29. The maximum atomic E-state index is 3.83. The van der Waals surface area contributed by atoms with Crippen molar-refractivity contribution in [3.05, 3.63) is 35.4 Å². The van der Waals surface area contributed by atoms with Crippen molar-refractivity contribution in [2.24, 2.45) is 17.8 Å². The van der Waals surface area contributed by atoms with Gasteiger partial charge in [-0.1, -0.05) is 51.5 Å². The van der Waals surface area contributed by atoms with Crippen LogP contribution < -0.4 is 5.32 Å². The molecular formula is C19H31N. The van der Waals surface area contributed by atoms with Gasteiger partial charge in [0.1, 0.15) is 0 Å². The van der Waals surface area contributed by atoms with E-state index < -0.39 is 0 Å². The standard InChI is InChI=1S/C19H31N/c1-5-12-20-19(18-9-7-6-8-15(18)3)17-11-10-14(2)16(4)13-17/h6-9,14,16-17,19-20H,5,10-13H2,1-4H3. The van der Waals surface area contributed by atoms with Crippen molar-refractivity contribution < 1.29 is 0 Å². The Kier molecular flexibility index (Phi) is 5.65. The number of benzene rings is 1. The first-order chi connectivity index (χ1) is 9.63. The van der Waals surface area contributed by atoms with E-state index >= 15 is 0 Å². The molecule has 0 spiro atoms. The summed E-state index contributed by atoms with van der Waals surface area (Å²) in [4.78, 5) is 0. The summed E-state index contributed by atoms with van der Waals surface area (Å²) >= 11 is 0. The van der Waals surface area contributed by atoms with E-state index in [1.807, 2.05) is 0 Å². The second-order valence-electron chi connectivity index (χ2n) is 6.82. The quantitative estimate of drug-likeness (QED) is 0.786. The Morgan fingerprint density at radius 3 is 2.55 bits per heavy atom. The molecule has 1 saturated carbocycles. The van der Waals surface area contributed by atoms with E-state index in [1.165, 1.54) is 36.8 Å². The zero-order chi connectivity index (χ0) is 14.5. The van der Waals surface area contributed by atoms with Crippen LogP contribution in [0.2, 0.25) is 0 Å².